The van der Waals surface area contributed by atoms with Crippen LogP contribution in [0.1, 0.15) is 66.3 Å². The zero-order chi connectivity index (χ0) is 42.5. The van der Waals surface area contributed by atoms with Crippen molar-refractivity contribution in [1.29, 1.82) is 5.26 Å². The number of H-pyrrole nitrogens is 2. The third-order valence-electron chi connectivity index (χ3n) is 8.51. The lowest BCUT2D eigenvalue weighted by Crippen LogP contribution is -2.18. The molecule has 2 aromatic heterocycles. The molecule has 0 aliphatic heterocycles. The highest BCUT2D eigenvalue weighted by Gasteiger charge is 2.14. The summed E-state index contributed by atoms with van der Waals surface area (Å²) in [5.74, 6) is 0.414. The minimum Gasteiger partial charge on any atom is -0.478 e. The molecule has 0 spiro atoms. The Hall–Kier alpha value is -6.16. The van der Waals surface area contributed by atoms with Gasteiger partial charge in [-0.05, 0) is 118 Å². The number of aromatic amines is 2. The standard InChI is InChI=1S/C23H19ClN2O3.C13H8Cl2O3.C8H12N2O/c1-14-11-15(2)26-23(28)18(14)8-9-20(27)16-7-10-22(19(24)12-16)29-21-6-4-3-5-17(21)13-25;14-9-3-1-2-4-11(9)18-12-6-5-8(13(16)17)7-10(12)15;1-5-3-6(2)10-8(11)7(5)4-9/h3-7,10-12H,8-9H2,1-2H3,(H,26,28);1-7H,(H,16,17);3H,4,9H2,1-2H3,(H,10,11). The van der Waals surface area contributed by atoms with Crippen LogP contribution >= 0.6 is 34.8 Å². The van der Waals surface area contributed by atoms with Crippen molar-refractivity contribution in [1.82, 2.24) is 9.97 Å². The van der Waals surface area contributed by atoms with E-state index in [2.05, 4.69) is 16.0 Å². The fraction of sp³-hybridized carbons (Fsp3) is 0.159. The van der Waals surface area contributed by atoms with Crippen molar-refractivity contribution in [2.75, 3.05) is 0 Å². The number of ether oxygens (including phenoxy) is 2. The normalized spacial score (nSPS) is 10.3. The van der Waals surface area contributed by atoms with Gasteiger partial charge in [0.05, 0.1) is 26.2 Å². The van der Waals surface area contributed by atoms with E-state index in [1.807, 2.05) is 39.8 Å². The molecule has 0 amide bonds. The lowest BCUT2D eigenvalue weighted by Gasteiger charge is -2.10. The maximum absolute atomic E-state index is 12.6. The zero-order valence-electron chi connectivity index (χ0n) is 31.9. The number of carboxylic acid groups (broad SMARTS) is 1. The lowest BCUT2D eigenvalue weighted by molar-refractivity contribution is 0.0696. The molecule has 0 saturated carbocycles. The molecule has 6 rings (SSSR count). The fourth-order valence-corrected chi connectivity index (χ4v) is 6.21. The molecule has 11 nitrogen and oxygen atoms in total. The molecule has 14 heteroatoms. The third-order valence-corrected chi connectivity index (χ3v) is 9.41. The number of nitrogens with one attached hydrogen (secondary N) is 2. The van der Waals surface area contributed by atoms with Crippen LogP contribution < -0.4 is 26.3 Å². The molecule has 0 aliphatic rings. The predicted octanol–water partition coefficient (Wildman–Crippen LogP) is 10.1. The molecule has 2 heterocycles. The number of benzene rings is 4. The first kappa shape index (κ1) is 44.6. The first-order valence-electron chi connectivity index (χ1n) is 17.7. The van der Waals surface area contributed by atoms with Crippen molar-refractivity contribution in [3.63, 3.8) is 0 Å². The molecule has 0 radical (unpaired) electrons. The number of para-hydroxylation sites is 2. The SMILES string of the molecule is Cc1cc(C)c(CCC(=O)c2ccc(Oc3ccccc3C#N)c(Cl)c2)c(=O)[nH]1.Cc1cc(C)c(CN)c(=O)[nH]1.O=C(O)c1ccc(Oc2ccccc2Cl)c(Cl)c1. The summed E-state index contributed by atoms with van der Waals surface area (Å²) in [6.07, 6.45) is 0.548. The number of halogens is 3. The number of hydrogen-bond donors (Lipinski definition) is 4. The first-order chi connectivity index (χ1) is 27.6. The van der Waals surface area contributed by atoms with E-state index in [1.165, 1.54) is 18.2 Å². The Morgan fingerprint density at radius 1 is 0.672 bits per heavy atom. The highest BCUT2D eigenvalue weighted by atomic mass is 35.5. The van der Waals surface area contributed by atoms with Gasteiger partial charge in [-0.3, -0.25) is 14.4 Å². The van der Waals surface area contributed by atoms with Gasteiger partial charge >= 0.3 is 5.97 Å². The Morgan fingerprint density at radius 2 is 1.16 bits per heavy atom. The quantitative estimate of drug-likeness (QED) is 0.0973. The second-order valence-corrected chi connectivity index (χ2v) is 14.1. The Labute approximate surface area is 349 Å². The minimum absolute atomic E-state index is 0.0648. The smallest absolute Gasteiger partial charge is 0.335 e. The summed E-state index contributed by atoms with van der Waals surface area (Å²) in [5.41, 5.74) is 10.9. The number of carboxylic acids is 1. The Morgan fingerprint density at radius 3 is 1.67 bits per heavy atom. The van der Waals surface area contributed by atoms with Gasteiger partial charge in [0.2, 0.25) is 0 Å². The average molecular weight is 842 g/mol. The van der Waals surface area contributed by atoms with Gasteiger partial charge in [-0.1, -0.05) is 59.1 Å². The molecular formula is C44H39Cl3N4O7. The second kappa shape index (κ2) is 20.8. The molecule has 0 aliphatic carbocycles. The second-order valence-electron chi connectivity index (χ2n) is 12.9. The van der Waals surface area contributed by atoms with E-state index in [0.717, 1.165) is 22.5 Å². The molecule has 4 aromatic carbocycles. The summed E-state index contributed by atoms with van der Waals surface area (Å²) in [4.78, 5) is 52.1. The van der Waals surface area contributed by atoms with Crippen molar-refractivity contribution < 1.29 is 24.2 Å². The van der Waals surface area contributed by atoms with Crippen LogP contribution in [0.2, 0.25) is 15.1 Å². The van der Waals surface area contributed by atoms with Gasteiger partial charge in [-0.2, -0.15) is 5.26 Å². The molecule has 5 N–H and O–H groups in total. The van der Waals surface area contributed by atoms with E-state index >= 15 is 0 Å². The van der Waals surface area contributed by atoms with Gasteiger partial charge in [0.1, 0.15) is 29.1 Å². The number of aryl methyl sites for hydroxylation is 4. The van der Waals surface area contributed by atoms with Gasteiger partial charge in [0.25, 0.3) is 11.1 Å². The number of hydrogen-bond acceptors (Lipinski definition) is 8. The van der Waals surface area contributed by atoms with Gasteiger partial charge in [-0.25, -0.2) is 4.79 Å². The van der Waals surface area contributed by atoms with Crippen LogP contribution in [0.25, 0.3) is 0 Å². The fourth-order valence-electron chi connectivity index (χ4n) is 5.60. The zero-order valence-corrected chi connectivity index (χ0v) is 34.2. The molecule has 298 valence electrons. The van der Waals surface area contributed by atoms with Crippen LogP contribution in [-0.2, 0) is 13.0 Å². The summed E-state index contributed by atoms with van der Waals surface area (Å²) in [7, 11) is 0. The number of carbonyl (C=O) groups excluding carboxylic acids is 1. The topological polar surface area (TPSA) is 188 Å². The van der Waals surface area contributed by atoms with Gasteiger partial charge in [-0.15, -0.1) is 0 Å². The van der Waals surface area contributed by atoms with E-state index in [4.69, 9.17) is 60.4 Å². The summed E-state index contributed by atoms with van der Waals surface area (Å²) in [5, 5.41) is 18.9. The summed E-state index contributed by atoms with van der Waals surface area (Å²) in [6, 6.07) is 28.7. The monoisotopic (exact) mass is 840 g/mol. The highest BCUT2D eigenvalue weighted by molar-refractivity contribution is 6.33. The van der Waals surface area contributed by atoms with Gasteiger partial charge in [0.15, 0.2) is 5.78 Å². The van der Waals surface area contributed by atoms with E-state index in [-0.39, 0.29) is 38.9 Å². The molecule has 6 aromatic rings. The van der Waals surface area contributed by atoms with Crippen molar-refractivity contribution >= 4 is 46.6 Å². The van der Waals surface area contributed by atoms with E-state index < -0.39 is 5.97 Å². The molecular weight excluding hydrogens is 803 g/mol. The first-order valence-corrected chi connectivity index (χ1v) is 18.8. The Kier molecular flexibility index (Phi) is 16.0. The Balaban J connectivity index is 0.000000217. The van der Waals surface area contributed by atoms with Crippen molar-refractivity contribution in [2.45, 2.75) is 47.1 Å². The van der Waals surface area contributed by atoms with Crippen LogP contribution in [0.5, 0.6) is 23.0 Å². The van der Waals surface area contributed by atoms with Crippen molar-refractivity contribution in [3.8, 4) is 29.1 Å². The van der Waals surface area contributed by atoms with Crippen molar-refractivity contribution in [2.24, 2.45) is 5.73 Å². The van der Waals surface area contributed by atoms with Crippen molar-refractivity contribution in [3.05, 3.63) is 183 Å². The maximum atomic E-state index is 12.6. The van der Waals surface area contributed by atoms with Crippen LogP contribution in [0.4, 0.5) is 0 Å². The Bertz CT molecular complexity index is 2620. The maximum Gasteiger partial charge on any atom is 0.335 e. The van der Waals surface area contributed by atoms with E-state index in [0.29, 0.717) is 63.2 Å². The van der Waals surface area contributed by atoms with Gasteiger partial charge < -0.3 is 30.3 Å². The number of nitriles is 1. The third kappa shape index (κ3) is 12.2. The number of nitrogens with two attached hydrogens (primary N) is 1. The average Bonchev–Trinajstić information content (AvgIpc) is 3.17. The molecule has 0 atom stereocenters. The highest BCUT2D eigenvalue weighted by Crippen LogP contribution is 2.34. The largest absolute Gasteiger partial charge is 0.478 e. The molecule has 0 saturated heterocycles. The number of carbonyl (C=O) groups is 2. The van der Waals surface area contributed by atoms with Crippen LogP contribution in [0, 0.1) is 39.0 Å². The summed E-state index contributed by atoms with van der Waals surface area (Å²) in [6.45, 7) is 7.74. The summed E-state index contributed by atoms with van der Waals surface area (Å²) < 4.78 is 11.2. The molecule has 0 unspecified atom stereocenters. The number of rotatable bonds is 10. The van der Waals surface area contributed by atoms with Crippen LogP contribution in [0.3, 0.4) is 0 Å². The predicted molar refractivity (Wildman–Crippen MR) is 226 cm³/mol. The molecule has 58 heavy (non-hydrogen) atoms. The van der Waals surface area contributed by atoms with Crippen LogP contribution in [-0.4, -0.2) is 26.8 Å². The lowest BCUT2D eigenvalue weighted by atomic mass is 10.0. The van der Waals surface area contributed by atoms with Gasteiger partial charge in [0, 0.05) is 41.0 Å². The number of Topliss-reactive ketones (excluding diaryl/α,β-unsaturated/α-hetero) is 1. The van der Waals surface area contributed by atoms with Crippen LogP contribution in [0.15, 0.2) is 107 Å². The molecule has 0 fully saturated rings. The van der Waals surface area contributed by atoms with E-state index in [9.17, 15) is 19.2 Å². The number of pyridine rings is 2. The number of ketones is 1. The summed E-state index contributed by atoms with van der Waals surface area (Å²) >= 11 is 18.2. The van der Waals surface area contributed by atoms with E-state index in [1.54, 1.807) is 66.7 Å². The number of nitrogens with zero attached hydrogens (tertiary/aromatic N) is 1. The minimum atomic E-state index is -1.04. The number of aromatic nitrogens is 2. The number of aromatic carboxylic acids is 1. The molecule has 0 bridgehead atoms.